The van der Waals surface area contributed by atoms with Crippen LogP contribution in [0.4, 0.5) is 20.3 Å². The Morgan fingerprint density at radius 1 is 1.19 bits per heavy atom. The van der Waals surface area contributed by atoms with Crippen molar-refractivity contribution >= 4 is 17.4 Å². The molecule has 0 radical (unpaired) electrons. The molecule has 32 heavy (non-hydrogen) atoms. The van der Waals surface area contributed by atoms with Crippen molar-refractivity contribution < 1.29 is 13.6 Å². The van der Waals surface area contributed by atoms with E-state index in [2.05, 4.69) is 25.3 Å². The summed E-state index contributed by atoms with van der Waals surface area (Å²) in [6.07, 6.45) is 3.99. The van der Waals surface area contributed by atoms with E-state index in [1.165, 1.54) is 29.6 Å². The zero-order valence-electron chi connectivity index (χ0n) is 17.6. The van der Waals surface area contributed by atoms with Gasteiger partial charge >= 0.3 is 0 Å². The smallest absolute Gasteiger partial charge is 0.266 e. The van der Waals surface area contributed by atoms with Gasteiger partial charge in [-0.1, -0.05) is 19.9 Å². The fourth-order valence-corrected chi connectivity index (χ4v) is 3.50. The van der Waals surface area contributed by atoms with Gasteiger partial charge in [-0.15, -0.1) is 0 Å². The van der Waals surface area contributed by atoms with Crippen LogP contribution in [0.2, 0.25) is 0 Å². The maximum Gasteiger partial charge on any atom is 0.266 e. The van der Waals surface area contributed by atoms with Crippen LogP contribution in [0.5, 0.6) is 0 Å². The summed E-state index contributed by atoms with van der Waals surface area (Å²) < 4.78 is 27.8. The molecule has 10 heteroatoms. The number of carbonyl (C=O) groups is 1. The maximum atomic E-state index is 13.9. The molecule has 3 aromatic rings. The predicted molar refractivity (Wildman–Crippen MR) is 116 cm³/mol. The van der Waals surface area contributed by atoms with Crippen LogP contribution in [0.1, 0.15) is 42.4 Å². The van der Waals surface area contributed by atoms with Gasteiger partial charge in [-0.3, -0.25) is 9.59 Å². The molecule has 0 spiro atoms. The lowest BCUT2D eigenvalue weighted by molar-refractivity contribution is 0.0257. The minimum absolute atomic E-state index is 0.0871. The van der Waals surface area contributed by atoms with Gasteiger partial charge in [0, 0.05) is 49.1 Å². The lowest BCUT2D eigenvalue weighted by atomic mass is 10.1. The van der Waals surface area contributed by atoms with E-state index in [1.54, 1.807) is 18.2 Å². The van der Waals surface area contributed by atoms with Crippen molar-refractivity contribution in [2.24, 2.45) is 0 Å². The molecule has 1 fully saturated rings. The number of H-pyrrole nitrogens is 1. The first-order valence-electron chi connectivity index (χ1n) is 10.2. The first-order chi connectivity index (χ1) is 15.2. The molecule has 166 valence electrons. The summed E-state index contributed by atoms with van der Waals surface area (Å²) in [5.74, 6) is -2.45. The van der Waals surface area contributed by atoms with Crippen LogP contribution in [0.15, 0.2) is 47.7 Å². The molecule has 0 aromatic carbocycles. The summed E-state index contributed by atoms with van der Waals surface area (Å²) in [4.78, 5) is 41.7. The number of alkyl halides is 2. The third kappa shape index (κ3) is 4.48. The molecular formula is C22H22F2N6O2. The number of rotatable bonds is 5. The quantitative estimate of drug-likeness (QED) is 0.630. The number of nitrogens with zero attached hydrogens (tertiary/aromatic N) is 4. The van der Waals surface area contributed by atoms with Crippen molar-refractivity contribution in [1.29, 1.82) is 0 Å². The largest absolute Gasteiger partial charge is 0.349 e. The Kier molecular flexibility index (Phi) is 5.68. The molecule has 1 aliphatic rings. The Morgan fingerprint density at radius 2 is 1.94 bits per heavy atom. The summed E-state index contributed by atoms with van der Waals surface area (Å²) >= 11 is 0. The van der Waals surface area contributed by atoms with Crippen LogP contribution < -0.4 is 15.8 Å². The highest BCUT2D eigenvalue weighted by atomic mass is 19.3. The van der Waals surface area contributed by atoms with Gasteiger partial charge in [0.2, 0.25) is 5.56 Å². The molecule has 4 rings (SSSR count). The van der Waals surface area contributed by atoms with E-state index < -0.39 is 18.4 Å². The average Bonchev–Trinajstić information content (AvgIpc) is 3.13. The van der Waals surface area contributed by atoms with Crippen LogP contribution in [-0.2, 0) is 0 Å². The number of aromatic amines is 1. The van der Waals surface area contributed by atoms with Gasteiger partial charge < -0.3 is 15.2 Å². The second-order valence-electron chi connectivity index (χ2n) is 7.95. The van der Waals surface area contributed by atoms with Gasteiger partial charge in [0.05, 0.1) is 23.5 Å². The Hall–Kier alpha value is -3.69. The second kappa shape index (κ2) is 8.45. The Morgan fingerprint density at radius 3 is 2.56 bits per heavy atom. The molecule has 1 amide bonds. The van der Waals surface area contributed by atoms with Crippen molar-refractivity contribution in [3.05, 3.63) is 64.6 Å². The molecule has 0 aliphatic carbocycles. The lowest BCUT2D eigenvalue weighted by Gasteiger charge is -2.22. The van der Waals surface area contributed by atoms with Crippen LogP contribution >= 0.6 is 0 Å². The van der Waals surface area contributed by atoms with Crippen LogP contribution in [-0.4, -0.2) is 44.9 Å². The number of amides is 1. The van der Waals surface area contributed by atoms with Crippen molar-refractivity contribution in [3.8, 4) is 11.3 Å². The van der Waals surface area contributed by atoms with E-state index in [-0.39, 0.29) is 41.5 Å². The molecule has 3 aromatic heterocycles. The number of hydrogen-bond acceptors (Lipinski definition) is 6. The predicted octanol–water partition coefficient (Wildman–Crippen LogP) is 3.45. The number of halogens is 2. The third-order valence-electron chi connectivity index (χ3n) is 5.15. The van der Waals surface area contributed by atoms with Gasteiger partial charge in [-0.2, -0.15) is 0 Å². The Balaban J connectivity index is 1.75. The van der Waals surface area contributed by atoms with E-state index in [4.69, 9.17) is 0 Å². The summed E-state index contributed by atoms with van der Waals surface area (Å²) in [6.45, 7) is 3.46. The zero-order valence-corrected chi connectivity index (χ0v) is 17.6. The summed E-state index contributed by atoms with van der Waals surface area (Å²) in [5.41, 5.74) is 0.988. The molecule has 1 saturated heterocycles. The summed E-state index contributed by atoms with van der Waals surface area (Å²) in [5, 5.41) is 2.78. The average molecular weight is 440 g/mol. The number of anilines is 2. The van der Waals surface area contributed by atoms with Crippen molar-refractivity contribution in [3.63, 3.8) is 0 Å². The molecular weight excluding hydrogens is 418 g/mol. The lowest BCUT2D eigenvalue weighted by Crippen LogP contribution is -2.27. The first kappa shape index (κ1) is 21.5. The topological polar surface area (TPSA) is 104 Å². The molecule has 8 nitrogen and oxygen atoms in total. The molecule has 0 unspecified atom stereocenters. The highest BCUT2D eigenvalue weighted by Gasteiger charge is 2.40. The van der Waals surface area contributed by atoms with Crippen LogP contribution in [0, 0.1) is 0 Å². The highest BCUT2D eigenvalue weighted by Crippen LogP contribution is 2.38. The number of aromatic nitrogens is 4. The Bertz CT molecular complexity index is 1190. The normalized spacial score (nSPS) is 15.2. The number of carbonyl (C=O) groups excluding carboxylic acids is 1. The van der Waals surface area contributed by atoms with E-state index in [1.807, 2.05) is 13.8 Å². The van der Waals surface area contributed by atoms with Crippen LogP contribution in [0.3, 0.4) is 0 Å². The zero-order chi connectivity index (χ0) is 22.9. The standard InChI is InChI=1S/C22H22F2N6O2/c1-13(2)19-26-10-14(11-27-19)21(32)29-18-15(16-4-3-5-17(31)28-16)6-8-25-20(18)30-9-7-22(23,24)12-30/h3-6,8,10-11,13H,7,9,12H2,1-2H3,(H,28,31)(H,29,32). The minimum Gasteiger partial charge on any atom is -0.349 e. The van der Waals surface area contributed by atoms with E-state index >= 15 is 0 Å². The van der Waals surface area contributed by atoms with E-state index in [0.29, 0.717) is 17.1 Å². The number of nitrogens with one attached hydrogen (secondary N) is 2. The fourth-order valence-electron chi connectivity index (χ4n) is 3.50. The number of hydrogen-bond donors (Lipinski definition) is 2. The molecule has 2 N–H and O–H groups in total. The van der Waals surface area contributed by atoms with E-state index in [9.17, 15) is 18.4 Å². The van der Waals surface area contributed by atoms with Crippen LogP contribution in [0.25, 0.3) is 11.3 Å². The van der Waals surface area contributed by atoms with Crippen molar-refractivity contribution in [1.82, 2.24) is 19.9 Å². The van der Waals surface area contributed by atoms with Gasteiger partial charge in [0.25, 0.3) is 11.8 Å². The molecule has 4 heterocycles. The Labute approximate surface area is 182 Å². The minimum atomic E-state index is -2.85. The first-order valence-corrected chi connectivity index (χ1v) is 10.2. The second-order valence-corrected chi connectivity index (χ2v) is 7.95. The van der Waals surface area contributed by atoms with Gasteiger partial charge in [0.1, 0.15) is 5.82 Å². The highest BCUT2D eigenvalue weighted by molar-refractivity contribution is 6.07. The monoisotopic (exact) mass is 440 g/mol. The molecule has 1 aliphatic heterocycles. The SMILES string of the molecule is CC(C)c1ncc(C(=O)Nc2c(-c3cccc(=O)[nH]3)ccnc2N2CCC(F)(F)C2)cn1. The summed E-state index contributed by atoms with van der Waals surface area (Å²) in [6, 6.07) is 6.20. The maximum absolute atomic E-state index is 13.9. The molecule has 0 bridgehead atoms. The van der Waals surface area contributed by atoms with Gasteiger partial charge in [-0.05, 0) is 12.1 Å². The fraction of sp³-hybridized carbons (Fsp3) is 0.318. The van der Waals surface area contributed by atoms with Gasteiger partial charge in [0.15, 0.2) is 5.82 Å². The van der Waals surface area contributed by atoms with Crippen molar-refractivity contribution in [2.75, 3.05) is 23.3 Å². The van der Waals surface area contributed by atoms with Gasteiger partial charge in [-0.25, -0.2) is 23.7 Å². The molecule has 0 atom stereocenters. The summed E-state index contributed by atoms with van der Waals surface area (Å²) in [7, 11) is 0. The van der Waals surface area contributed by atoms with E-state index in [0.717, 1.165) is 0 Å². The van der Waals surface area contributed by atoms with Crippen molar-refractivity contribution in [2.45, 2.75) is 32.1 Å². The molecule has 0 saturated carbocycles. The third-order valence-corrected chi connectivity index (χ3v) is 5.15. The number of pyridine rings is 2.